The number of hydrogen-bond acceptors (Lipinski definition) is 4. The average molecular weight is 246 g/mol. The molecule has 0 radical (unpaired) electrons. The molecule has 0 bridgehead atoms. The third kappa shape index (κ3) is 2.10. The minimum atomic E-state index is -0.380. The Morgan fingerprint density at radius 3 is 2.78 bits per heavy atom. The fourth-order valence-corrected chi connectivity index (χ4v) is 1.92. The molecule has 2 aromatic rings. The van der Waals surface area contributed by atoms with E-state index in [4.69, 9.17) is 5.73 Å². The second kappa shape index (κ2) is 4.97. The molecule has 1 aromatic heterocycles. The van der Waals surface area contributed by atoms with Crippen molar-refractivity contribution in [3.05, 3.63) is 46.3 Å². The van der Waals surface area contributed by atoms with Crippen LogP contribution < -0.4 is 5.73 Å². The Bertz CT molecular complexity index is 577. The molecule has 0 atom stereocenters. The molecular weight excluding hydrogens is 232 g/mol. The maximum atomic E-state index is 11.0. The Labute approximate surface area is 104 Å². The molecule has 1 heterocycles. The SMILES string of the molecule is Cc1c(-c2ccccc2[N+](=O)[O-])cnn1CCN. The molecule has 18 heavy (non-hydrogen) atoms. The van der Waals surface area contributed by atoms with Crippen LogP contribution in [0.2, 0.25) is 0 Å². The third-order valence-corrected chi connectivity index (χ3v) is 2.83. The summed E-state index contributed by atoms with van der Waals surface area (Å²) in [5.74, 6) is 0. The fourth-order valence-electron chi connectivity index (χ4n) is 1.92. The molecular formula is C12H14N4O2. The zero-order chi connectivity index (χ0) is 13.1. The summed E-state index contributed by atoms with van der Waals surface area (Å²) in [6.07, 6.45) is 1.65. The summed E-state index contributed by atoms with van der Waals surface area (Å²) in [4.78, 5) is 10.6. The van der Waals surface area contributed by atoms with Gasteiger partial charge in [0.05, 0.1) is 23.2 Å². The zero-order valence-electron chi connectivity index (χ0n) is 10.0. The van der Waals surface area contributed by atoms with Gasteiger partial charge in [0.1, 0.15) is 0 Å². The van der Waals surface area contributed by atoms with Crippen LogP contribution in [-0.2, 0) is 6.54 Å². The van der Waals surface area contributed by atoms with Crippen molar-refractivity contribution in [2.45, 2.75) is 13.5 Å². The number of hydrogen-bond donors (Lipinski definition) is 1. The number of nitro benzene ring substituents is 1. The van der Waals surface area contributed by atoms with Crippen molar-refractivity contribution in [3.8, 4) is 11.1 Å². The number of aromatic nitrogens is 2. The Morgan fingerprint density at radius 2 is 2.11 bits per heavy atom. The first-order valence-electron chi connectivity index (χ1n) is 5.61. The van der Waals surface area contributed by atoms with E-state index in [9.17, 15) is 10.1 Å². The molecule has 1 aromatic carbocycles. The van der Waals surface area contributed by atoms with Crippen molar-refractivity contribution in [1.82, 2.24) is 9.78 Å². The Morgan fingerprint density at radius 1 is 1.39 bits per heavy atom. The molecule has 0 aliphatic rings. The summed E-state index contributed by atoms with van der Waals surface area (Å²) in [5.41, 5.74) is 7.82. The van der Waals surface area contributed by atoms with Gasteiger partial charge < -0.3 is 5.73 Å². The first kappa shape index (κ1) is 12.3. The van der Waals surface area contributed by atoms with Crippen molar-refractivity contribution in [1.29, 1.82) is 0 Å². The number of nitro groups is 1. The molecule has 0 saturated heterocycles. The monoisotopic (exact) mass is 246 g/mol. The highest BCUT2D eigenvalue weighted by molar-refractivity contribution is 5.74. The summed E-state index contributed by atoms with van der Waals surface area (Å²) in [6.45, 7) is 2.97. The van der Waals surface area contributed by atoms with Crippen LogP contribution in [0, 0.1) is 17.0 Å². The number of para-hydroxylation sites is 1. The highest BCUT2D eigenvalue weighted by Gasteiger charge is 2.18. The lowest BCUT2D eigenvalue weighted by Gasteiger charge is -2.04. The lowest BCUT2D eigenvalue weighted by molar-refractivity contribution is -0.384. The molecule has 6 nitrogen and oxygen atoms in total. The fraction of sp³-hybridized carbons (Fsp3) is 0.250. The van der Waals surface area contributed by atoms with Gasteiger partial charge in [0.15, 0.2) is 0 Å². The molecule has 2 rings (SSSR count). The van der Waals surface area contributed by atoms with Crippen LogP contribution in [0.3, 0.4) is 0 Å². The summed E-state index contributed by atoms with van der Waals surface area (Å²) < 4.78 is 1.76. The molecule has 94 valence electrons. The Balaban J connectivity index is 2.52. The van der Waals surface area contributed by atoms with Gasteiger partial charge in [-0.25, -0.2) is 0 Å². The van der Waals surface area contributed by atoms with E-state index in [-0.39, 0.29) is 10.6 Å². The normalized spacial score (nSPS) is 10.6. The van der Waals surface area contributed by atoms with Crippen molar-refractivity contribution in [3.63, 3.8) is 0 Å². The zero-order valence-corrected chi connectivity index (χ0v) is 10.0. The van der Waals surface area contributed by atoms with Crippen molar-refractivity contribution in [2.75, 3.05) is 6.54 Å². The van der Waals surface area contributed by atoms with Crippen LogP contribution in [0.1, 0.15) is 5.69 Å². The predicted molar refractivity (Wildman–Crippen MR) is 68.1 cm³/mol. The predicted octanol–water partition coefficient (Wildman–Crippen LogP) is 1.73. The van der Waals surface area contributed by atoms with E-state index in [2.05, 4.69) is 5.10 Å². The van der Waals surface area contributed by atoms with Gasteiger partial charge in [-0.15, -0.1) is 0 Å². The van der Waals surface area contributed by atoms with Gasteiger partial charge in [-0.3, -0.25) is 14.8 Å². The maximum absolute atomic E-state index is 11.0. The molecule has 0 amide bonds. The lowest BCUT2D eigenvalue weighted by atomic mass is 10.1. The molecule has 0 spiro atoms. The first-order chi connectivity index (χ1) is 8.65. The molecule has 0 fully saturated rings. The standard InChI is InChI=1S/C12H14N4O2/c1-9-11(8-14-15(9)7-6-13)10-4-2-3-5-12(10)16(17)18/h2-5,8H,6-7,13H2,1H3. The van der Waals surface area contributed by atoms with Crippen LogP contribution in [0.5, 0.6) is 0 Å². The summed E-state index contributed by atoms with van der Waals surface area (Å²) >= 11 is 0. The van der Waals surface area contributed by atoms with Crippen molar-refractivity contribution in [2.24, 2.45) is 5.73 Å². The quantitative estimate of drug-likeness (QED) is 0.657. The smallest absolute Gasteiger partial charge is 0.277 e. The van der Waals surface area contributed by atoms with Crippen LogP contribution in [0.15, 0.2) is 30.5 Å². The second-order valence-corrected chi connectivity index (χ2v) is 3.93. The van der Waals surface area contributed by atoms with Gasteiger partial charge in [0, 0.05) is 23.9 Å². The van der Waals surface area contributed by atoms with Crippen molar-refractivity contribution >= 4 is 5.69 Å². The third-order valence-electron chi connectivity index (χ3n) is 2.83. The number of rotatable bonds is 4. The summed E-state index contributed by atoms with van der Waals surface area (Å²) in [6, 6.07) is 6.66. The van der Waals surface area contributed by atoms with Crippen molar-refractivity contribution < 1.29 is 4.92 Å². The molecule has 6 heteroatoms. The average Bonchev–Trinajstić information content (AvgIpc) is 2.72. The molecule has 0 aliphatic heterocycles. The van der Waals surface area contributed by atoms with Gasteiger partial charge in [0.2, 0.25) is 0 Å². The van der Waals surface area contributed by atoms with Crippen LogP contribution in [-0.4, -0.2) is 21.2 Å². The minimum absolute atomic E-state index is 0.0906. The van der Waals surface area contributed by atoms with Crippen LogP contribution >= 0.6 is 0 Å². The van der Waals surface area contributed by atoms with E-state index in [1.165, 1.54) is 6.07 Å². The van der Waals surface area contributed by atoms with Gasteiger partial charge in [-0.1, -0.05) is 12.1 Å². The Hall–Kier alpha value is -2.21. The number of nitrogens with two attached hydrogens (primary N) is 1. The molecule has 2 N–H and O–H groups in total. The van der Waals surface area contributed by atoms with Crippen LogP contribution in [0.25, 0.3) is 11.1 Å². The van der Waals surface area contributed by atoms with Gasteiger partial charge in [-0.05, 0) is 13.0 Å². The Kier molecular flexibility index (Phi) is 3.38. The second-order valence-electron chi connectivity index (χ2n) is 3.93. The maximum Gasteiger partial charge on any atom is 0.277 e. The van der Waals surface area contributed by atoms with Gasteiger partial charge in [-0.2, -0.15) is 5.10 Å². The van der Waals surface area contributed by atoms with Gasteiger partial charge in [0.25, 0.3) is 5.69 Å². The van der Waals surface area contributed by atoms with Gasteiger partial charge >= 0.3 is 0 Å². The van der Waals surface area contributed by atoms with E-state index >= 15 is 0 Å². The largest absolute Gasteiger partial charge is 0.329 e. The molecule has 0 aliphatic carbocycles. The van der Waals surface area contributed by atoms with E-state index < -0.39 is 0 Å². The topological polar surface area (TPSA) is 87.0 Å². The molecule has 0 saturated carbocycles. The lowest BCUT2D eigenvalue weighted by Crippen LogP contribution is -2.12. The van der Waals surface area contributed by atoms with E-state index in [0.29, 0.717) is 18.7 Å². The van der Waals surface area contributed by atoms with Crippen LogP contribution in [0.4, 0.5) is 5.69 Å². The highest BCUT2D eigenvalue weighted by Crippen LogP contribution is 2.31. The summed E-state index contributed by atoms with van der Waals surface area (Å²) in [7, 11) is 0. The van der Waals surface area contributed by atoms with E-state index in [0.717, 1.165) is 11.3 Å². The van der Waals surface area contributed by atoms with E-state index in [1.54, 1.807) is 29.1 Å². The number of benzene rings is 1. The van der Waals surface area contributed by atoms with E-state index in [1.807, 2.05) is 6.92 Å². The number of nitrogens with zero attached hydrogens (tertiary/aromatic N) is 3. The highest BCUT2D eigenvalue weighted by atomic mass is 16.6. The summed E-state index contributed by atoms with van der Waals surface area (Å²) in [5, 5.41) is 15.2. The molecule has 0 unspecified atom stereocenters. The first-order valence-corrected chi connectivity index (χ1v) is 5.61. The minimum Gasteiger partial charge on any atom is -0.329 e.